The summed E-state index contributed by atoms with van der Waals surface area (Å²) in [6.45, 7) is 0. The Morgan fingerprint density at radius 3 is 2.36 bits per heavy atom. The standard InChI is InChI=1S/C24H24F2N2O3S2/c25-19-12-14(13-20(19)26)11-18(15-5-7-16(8-6-15)33(30,31)17-9-10-17)23(29)28-24-27-21-3-1-2-4-22(21)32-24/h1-8,14,17-20H,9-13H2,(H,27,28,29)/t14?,18-,19-,20+/m1/s1. The molecule has 9 heteroatoms. The Bertz CT molecular complexity index is 1230. The molecule has 2 saturated carbocycles. The molecule has 0 bridgehead atoms. The normalized spacial score (nSPS) is 24.1. The van der Waals surface area contributed by atoms with E-state index < -0.39 is 28.1 Å². The Balaban J connectivity index is 1.40. The summed E-state index contributed by atoms with van der Waals surface area (Å²) in [6, 6.07) is 13.9. The molecule has 2 aliphatic rings. The van der Waals surface area contributed by atoms with Crippen LogP contribution in [0.25, 0.3) is 10.2 Å². The van der Waals surface area contributed by atoms with Crippen molar-refractivity contribution in [3.05, 3.63) is 54.1 Å². The van der Waals surface area contributed by atoms with Gasteiger partial charge in [-0.25, -0.2) is 22.2 Å². The van der Waals surface area contributed by atoms with Crippen LogP contribution < -0.4 is 5.32 Å². The van der Waals surface area contributed by atoms with Gasteiger partial charge in [0.25, 0.3) is 0 Å². The first-order valence-electron chi connectivity index (χ1n) is 11.1. The van der Waals surface area contributed by atoms with Gasteiger partial charge in [0, 0.05) is 0 Å². The molecule has 2 aromatic carbocycles. The first-order chi connectivity index (χ1) is 15.8. The SMILES string of the molecule is O=C(Nc1nc2ccccc2s1)[C@H](CC1C[C@@H](F)[C@@H](F)C1)c1ccc(S(=O)(=O)C2CC2)cc1. The van der Waals surface area contributed by atoms with E-state index >= 15 is 0 Å². The van der Waals surface area contributed by atoms with Crippen LogP contribution in [0.5, 0.6) is 0 Å². The number of nitrogens with zero attached hydrogens (tertiary/aromatic N) is 1. The first-order valence-corrected chi connectivity index (χ1v) is 13.5. The number of thiazole rings is 1. The second-order valence-electron chi connectivity index (χ2n) is 8.95. The number of benzene rings is 2. The molecular weight excluding hydrogens is 466 g/mol. The van der Waals surface area contributed by atoms with Crippen LogP contribution in [0.4, 0.5) is 13.9 Å². The topological polar surface area (TPSA) is 76.1 Å². The smallest absolute Gasteiger partial charge is 0.233 e. The zero-order chi connectivity index (χ0) is 23.2. The molecule has 1 heterocycles. The number of carbonyl (C=O) groups excluding carboxylic acids is 1. The van der Waals surface area contributed by atoms with Crippen LogP contribution in [0.2, 0.25) is 0 Å². The van der Waals surface area contributed by atoms with Crippen molar-refractivity contribution in [1.29, 1.82) is 0 Å². The van der Waals surface area contributed by atoms with E-state index in [1.807, 2.05) is 24.3 Å². The van der Waals surface area contributed by atoms with Gasteiger partial charge in [-0.1, -0.05) is 35.6 Å². The molecule has 5 nitrogen and oxygen atoms in total. The summed E-state index contributed by atoms with van der Waals surface area (Å²) < 4.78 is 53.6. The van der Waals surface area contributed by atoms with Gasteiger partial charge in [-0.15, -0.1) is 0 Å². The van der Waals surface area contributed by atoms with E-state index in [4.69, 9.17) is 0 Å². The third-order valence-corrected chi connectivity index (χ3v) is 9.72. The van der Waals surface area contributed by atoms with Crippen molar-refractivity contribution in [3.8, 4) is 0 Å². The van der Waals surface area contributed by atoms with E-state index in [2.05, 4.69) is 10.3 Å². The highest BCUT2D eigenvalue weighted by Gasteiger charge is 2.38. The average molecular weight is 491 g/mol. The predicted molar refractivity (Wildman–Crippen MR) is 125 cm³/mol. The molecule has 1 amide bonds. The van der Waals surface area contributed by atoms with Crippen LogP contribution in [0.3, 0.4) is 0 Å². The fourth-order valence-corrected chi connectivity index (χ4v) is 7.05. The van der Waals surface area contributed by atoms with Gasteiger partial charge < -0.3 is 5.32 Å². The number of sulfone groups is 1. The predicted octanol–water partition coefficient (Wildman–Crippen LogP) is 5.43. The van der Waals surface area contributed by atoms with Crippen molar-refractivity contribution in [2.24, 2.45) is 5.92 Å². The lowest BCUT2D eigenvalue weighted by Crippen LogP contribution is -2.23. The largest absolute Gasteiger partial charge is 0.301 e. The van der Waals surface area contributed by atoms with Crippen molar-refractivity contribution >= 4 is 42.4 Å². The molecule has 3 aromatic rings. The highest BCUT2D eigenvalue weighted by Crippen LogP contribution is 2.39. The Morgan fingerprint density at radius 1 is 1.06 bits per heavy atom. The molecule has 4 atom stereocenters. The second kappa shape index (κ2) is 8.76. The van der Waals surface area contributed by atoms with Gasteiger partial charge in [-0.05, 0) is 67.9 Å². The van der Waals surface area contributed by atoms with E-state index in [0.29, 0.717) is 23.5 Å². The minimum absolute atomic E-state index is 0.0836. The molecule has 0 saturated heterocycles. The lowest BCUT2D eigenvalue weighted by molar-refractivity contribution is -0.118. The number of alkyl halides is 2. The van der Waals surface area contributed by atoms with Gasteiger partial charge in [0.05, 0.1) is 26.3 Å². The zero-order valence-corrected chi connectivity index (χ0v) is 19.4. The average Bonchev–Trinajstić information content (AvgIpc) is 3.51. The van der Waals surface area contributed by atoms with Gasteiger partial charge in [-0.2, -0.15) is 0 Å². The number of nitrogens with one attached hydrogen (secondary N) is 1. The molecule has 5 rings (SSSR count). The summed E-state index contributed by atoms with van der Waals surface area (Å²) in [4.78, 5) is 18.0. The number of fused-ring (bicyclic) bond motifs is 1. The minimum Gasteiger partial charge on any atom is -0.301 e. The second-order valence-corrected chi connectivity index (χ2v) is 12.2. The highest BCUT2D eigenvalue weighted by atomic mass is 32.2. The van der Waals surface area contributed by atoms with Gasteiger partial charge in [-0.3, -0.25) is 4.79 Å². The number of carbonyl (C=O) groups is 1. The van der Waals surface area contributed by atoms with Gasteiger partial charge in [0.1, 0.15) is 12.3 Å². The molecule has 1 unspecified atom stereocenters. The lowest BCUT2D eigenvalue weighted by Gasteiger charge is -2.20. The fraction of sp³-hybridized carbons (Fsp3) is 0.417. The number of aromatic nitrogens is 1. The Kier molecular flexibility index (Phi) is 5.95. The van der Waals surface area contributed by atoms with E-state index in [0.717, 1.165) is 10.2 Å². The van der Waals surface area contributed by atoms with Crippen molar-refractivity contribution in [1.82, 2.24) is 4.98 Å². The summed E-state index contributed by atoms with van der Waals surface area (Å²) >= 11 is 1.36. The Labute approximate surface area is 195 Å². The number of hydrogen-bond acceptors (Lipinski definition) is 5. The van der Waals surface area contributed by atoms with Gasteiger partial charge in [0.2, 0.25) is 5.91 Å². The molecule has 174 valence electrons. The molecule has 0 radical (unpaired) electrons. The molecule has 0 aliphatic heterocycles. The maximum Gasteiger partial charge on any atom is 0.233 e. The summed E-state index contributed by atoms with van der Waals surface area (Å²) in [7, 11) is -3.34. The maximum absolute atomic E-state index is 13.8. The molecule has 1 N–H and O–H groups in total. The minimum atomic E-state index is -3.34. The van der Waals surface area contributed by atoms with Crippen LogP contribution in [0, 0.1) is 5.92 Å². The van der Waals surface area contributed by atoms with Crippen LogP contribution in [-0.4, -0.2) is 36.9 Å². The maximum atomic E-state index is 13.8. The number of rotatable bonds is 7. The molecular formula is C24H24F2N2O3S2. The number of para-hydroxylation sites is 1. The molecule has 1 aromatic heterocycles. The third kappa shape index (κ3) is 4.66. The number of hydrogen-bond donors (Lipinski definition) is 1. The molecule has 2 aliphatic carbocycles. The zero-order valence-electron chi connectivity index (χ0n) is 17.8. The van der Waals surface area contributed by atoms with E-state index in [1.54, 1.807) is 12.1 Å². The molecule has 33 heavy (non-hydrogen) atoms. The Hall–Kier alpha value is -2.39. The van der Waals surface area contributed by atoms with E-state index in [1.165, 1.54) is 23.5 Å². The quantitative estimate of drug-likeness (QED) is 0.479. The van der Waals surface area contributed by atoms with Crippen LogP contribution in [-0.2, 0) is 14.6 Å². The summed E-state index contributed by atoms with van der Waals surface area (Å²) in [5.41, 5.74) is 1.40. The fourth-order valence-electron chi connectivity index (χ4n) is 4.53. The first kappa shape index (κ1) is 22.4. The van der Waals surface area contributed by atoms with Gasteiger partial charge >= 0.3 is 0 Å². The summed E-state index contributed by atoms with van der Waals surface area (Å²) in [5.74, 6) is -1.25. The van der Waals surface area contributed by atoms with Crippen molar-refractivity contribution in [2.75, 3.05) is 5.32 Å². The van der Waals surface area contributed by atoms with E-state index in [9.17, 15) is 22.0 Å². The summed E-state index contributed by atoms with van der Waals surface area (Å²) in [5, 5.41) is 3.00. The number of anilines is 1. The Morgan fingerprint density at radius 2 is 1.73 bits per heavy atom. The lowest BCUT2D eigenvalue weighted by atomic mass is 9.87. The highest BCUT2D eigenvalue weighted by molar-refractivity contribution is 7.92. The van der Waals surface area contributed by atoms with Crippen molar-refractivity contribution in [3.63, 3.8) is 0 Å². The monoisotopic (exact) mass is 490 g/mol. The van der Waals surface area contributed by atoms with Gasteiger partial charge in [0.15, 0.2) is 15.0 Å². The van der Waals surface area contributed by atoms with Crippen LogP contribution in [0.15, 0.2) is 53.4 Å². The van der Waals surface area contributed by atoms with Crippen LogP contribution >= 0.6 is 11.3 Å². The van der Waals surface area contributed by atoms with Crippen molar-refractivity contribution in [2.45, 2.75) is 60.5 Å². The number of amides is 1. The van der Waals surface area contributed by atoms with Crippen LogP contribution in [0.1, 0.15) is 43.6 Å². The molecule has 0 spiro atoms. The van der Waals surface area contributed by atoms with Crippen molar-refractivity contribution < 1.29 is 22.0 Å². The number of halogens is 2. The summed E-state index contributed by atoms with van der Waals surface area (Å²) in [6.07, 6.45) is -1.21. The molecule has 2 fully saturated rings. The van der Waals surface area contributed by atoms with E-state index in [-0.39, 0.29) is 41.2 Å². The third-order valence-electron chi connectivity index (χ3n) is 6.49.